The third-order valence-corrected chi connectivity index (χ3v) is 2.95. The van der Waals surface area contributed by atoms with Gasteiger partial charge in [0.1, 0.15) is 11.6 Å². The minimum absolute atomic E-state index is 0.257. The van der Waals surface area contributed by atoms with Gasteiger partial charge in [0.2, 0.25) is 5.95 Å². The molecule has 2 aromatic rings. The monoisotopic (exact) mass is 271 g/mol. The summed E-state index contributed by atoms with van der Waals surface area (Å²) >= 11 is 0. The average Bonchev–Trinajstić information content (AvgIpc) is 2.38. The molecule has 0 bridgehead atoms. The van der Waals surface area contributed by atoms with E-state index in [4.69, 9.17) is 5.73 Å². The molecule has 0 amide bonds. The number of aromatic nitrogens is 2. The molecule has 0 atom stereocenters. The lowest BCUT2D eigenvalue weighted by molar-refractivity contribution is 0.869. The minimum atomic E-state index is 0.257. The van der Waals surface area contributed by atoms with Crippen molar-refractivity contribution in [1.82, 2.24) is 9.97 Å². The molecule has 4 N–H and O–H groups in total. The number of hydrogen-bond donors (Lipinski definition) is 3. The molecule has 0 saturated carbocycles. The van der Waals surface area contributed by atoms with Crippen LogP contribution in [0.4, 0.5) is 23.3 Å². The van der Waals surface area contributed by atoms with Crippen LogP contribution in [0.2, 0.25) is 0 Å². The van der Waals surface area contributed by atoms with Crippen molar-refractivity contribution in [3.05, 3.63) is 35.9 Å². The predicted molar refractivity (Wildman–Crippen MR) is 84.4 cm³/mol. The van der Waals surface area contributed by atoms with Gasteiger partial charge in [-0.2, -0.15) is 9.97 Å². The fourth-order valence-corrected chi connectivity index (χ4v) is 2.05. The van der Waals surface area contributed by atoms with Gasteiger partial charge in [0.15, 0.2) is 0 Å². The van der Waals surface area contributed by atoms with Gasteiger partial charge >= 0.3 is 0 Å². The first kappa shape index (κ1) is 14.1. The predicted octanol–water partition coefficient (Wildman–Crippen LogP) is 3.36. The molecule has 0 saturated heterocycles. The van der Waals surface area contributed by atoms with Gasteiger partial charge in [0.05, 0.1) is 0 Å². The van der Waals surface area contributed by atoms with E-state index in [2.05, 4.69) is 40.5 Å². The maximum Gasteiger partial charge on any atom is 0.223 e. The molecular weight excluding hydrogens is 250 g/mol. The summed E-state index contributed by atoms with van der Waals surface area (Å²) in [7, 11) is 0. The first-order chi connectivity index (χ1) is 9.60. The van der Waals surface area contributed by atoms with Gasteiger partial charge in [-0.1, -0.05) is 32.0 Å². The van der Waals surface area contributed by atoms with Crippen molar-refractivity contribution in [2.75, 3.05) is 22.9 Å². The van der Waals surface area contributed by atoms with Crippen LogP contribution in [-0.2, 0) is 0 Å². The molecule has 0 spiro atoms. The zero-order valence-electron chi connectivity index (χ0n) is 12.1. The Bertz CT molecular complexity index is 580. The Kier molecular flexibility index (Phi) is 4.40. The first-order valence-corrected chi connectivity index (χ1v) is 6.84. The third kappa shape index (κ3) is 3.38. The van der Waals surface area contributed by atoms with Gasteiger partial charge in [-0.05, 0) is 24.5 Å². The molecular formula is C15H21N5. The van der Waals surface area contributed by atoms with E-state index in [0.29, 0.717) is 11.7 Å². The van der Waals surface area contributed by atoms with Crippen molar-refractivity contribution in [3.8, 4) is 0 Å². The number of nitrogens with one attached hydrogen (secondary N) is 2. The Morgan fingerprint density at radius 1 is 1.15 bits per heavy atom. The Morgan fingerprint density at radius 2 is 1.85 bits per heavy atom. The van der Waals surface area contributed by atoms with E-state index in [1.54, 1.807) is 0 Å². The van der Waals surface area contributed by atoms with Crippen LogP contribution >= 0.6 is 0 Å². The quantitative estimate of drug-likeness (QED) is 0.777. The maximum atomic E-state index is 5.74. The van der Waals surface area contributed by atoms with Crippen LogP contribution in [0, 0.1) is 0 Å². The number of benzene rings is 1. The Morgan fingerprint density at radius 3 is 2.55 bits per heavy atom. The largest absolute Gasteiger partial charge is 0.370 e. The highest BCUT2D eigenvalue weighted by molar-refractivity contribution is 5.64. The fourth-order valence-electron chi connectivity index (χ4n) is 2.05. The molecule has 0 aliphatic heterocycles. The number of nitrogens with two attached hydrogens (primary N) is 1. The zero-order chi connectivity index (χ0) is 14.5. The number of nitrogens with zero attached hydrogens (tertiary/aromatic N) is 2. The summed E-state index contributed by atoms with van der Waals surface area (Å²) in [5.74, 6) is 2.12. The van der Waals surface area contributed by atoms with Gasteiger partial charge in [-0.3, -0.25) is 0 Å². The van der Waals surface area contributed by atoms with Gasteiger partial charge in [0, 0.05) is 18.3 Å². The molecule has 0 fully saturated rings. The van der Waals surface area contributed by atoms with Crippen LogP contribution in [0.25, 0.3) is 0 Å². The highest BCUT2D eigenvalue weighted by Crippen LogP contribution is 2.27. The van der Waals surface area contributed by atoms with Crippen LogP contribution in [0.15, 0.2) is 30.3 Å². The normalized spacial score (nSPS) is 10.6. The molecule has 1 aromatic heterocycles. The molecule has 5 nitrogen and oxygen atoms in total. The van der Waals surface area contributed by atoms with Crippen molar-refractivity contribution in [2.45, 2.75) is 26.7 Å². The van der Waals surface area contributed by atoms with Crippen molar-refractivity contribution in [2.24, 2.45) is 0 Å². The smallest absolute Gasteiger partial charge is 0.223 e. The molecule has 2 rings (SSSR count). The molecule has 20 heavy (non-hydrogen) atoms. The van der Waals surface area contributed by atoms with E-state index < -0.39 is 0 Å². The van der Waals surface area contributed by atoms with Crippen LogP contribution in [-0.4, -0.2) is 16.5 Å². The molecule has 5 heteroatoms. The van der Waals surface area contributed by atoms with Crippen LogP contribution in [0.3, 0.4) is 0 Å². The van der Waals surface area contributed by atoms with Crippen LogP contribution in [0.5, 0.6) is 0 Å². The lowest BCUT2D eigenvalue weighted by atomic mass is 10.0. The third-order valence-electron chi connectivity index (χ3n) is 2.95. The number of para-hydroxylation sites is 1. The zero-order valence-corrected chi connectivity index (χ0v) is 12.1. The highest BCUT2D eigenvalue weighted by Gasteiger charge is 2.08. The topological polar surface area (TPSA) is 75.9 Å². The first-order valence-electron chi connectivity index (χ1n) is 6.84. The summed E-state index contributed by atoms with van der Waals surface area (Å²) in [5, 5.41) is 6.46. The molecule has 1 aromatic carbocycles. The minimum Gasteiger partial charge on any atom is -0.370 e. The molecule has 0 aliphatic carbocycles. The van der Waals surface area contributed by atoms with E-state index >= 15 is 0 Å². The number of rotatable bonds is 5. The number of nitrogen functional groups attached to an aromatic ring is 1. The van der Waals surface area contributed by atoms with Crippen molar-refractivity contribution in [3.63, 3.8) is 0 Å². The highest BCUT2D eigenvalue weighted by atomic mass is 15.1. The molecule has 106 valence electrons. The van der Waals surface area contributed by atoms with Gasteiger partial charge in [-0.15, -0.1) is 0 Å². The second-order valence-electron chi connectivity index (χ2n) is 4.89. The van der Waals surface area contributed by atoms with Crippen molar-refractivity contribution >= 4 is 23.3 Å². The lowest BCUT2D eigenvalue weighted by Crippen LogP contribution is -2.06. The van der Waals surface area contributed by atoms with Gasteiger partial charge in [0.25, 0.3) is 0 Å². The second kappa shape index (κ2) is 6.23. The van der Waals surface area contributed by atoms with Crippen molar-refractivity contribution in [1.29, 1.82) is 0 Å². The SMILES string of the molecule is CCNc1cc(Nc2ccccc2C(C)C)nc(N)n1. The van der Waals surface area contributed by atoms with Crippen LogP contribution < -0.4 is 16.4 Å². The summed E-state index contributed by atoms with van der Waals surface area (Å²) in [4.78, 5) is 8.37. The van der Waals surface area contributed by atoms with Gasteiger partial charge < -0.3 is 16.4 Å². The number of hydrogen-bond acceptors (Lipinski definition) is 5. The lowest BCUT2D eigenvalue weighted by Gasteiger charge is -2.14. The molecule has 0 aliphatic rings. The van der Waals surface area contributed by atoms with E-state index in [-0.39, 0.29) is 5.95 Å². The Labute approximate surface area is 119 Å². The number of anilines is 4. The van der Waals surface area contributed by atoms with Crippen LogP contribution in [0.1, 0.15) is 32.3 Å². The van der Waals surface area contributed by atoms with Crippen molar-refractivity contribution < 1.29 is 0 Å². The second-order valence-corrected chi connectivity index (χ2v) is 4.89. The Hall–Kier alpha value is -2.30. The summed E-state index contributed by atoms with van der Waals surface area (Å²) in [6.07, 6.45) is 0. The van der Waals surface area contributed by atoms with E-state index in [0.717, 1.165) is 18.1 Å². The Balaban J connectivity index is 2.30. The van der Waals surface area contributed by atoms with E-state index in [9.17, 15) is 0 Å². The summed E-state index contributed by atoms with van der Waals surface area (Å²) in [5.41, 5.74) is 8.03. The van der Waals surface area contributed by atoms with E-state index in [1.165, 1.54) is 5.56 Å². The molecule has 0 unspecified atom stereocenters. The maximum absolute atomic E-state index is 5.74. The summed E-state index contributed by atoms with van der Waals surface area (Å²) in [6, 6.07) is 10.1. The standard InChI is InChI=1S/C15H21N5/c1-4-17-13-9-14(20-15(16)19-13)18-12-8-6-5-7-11(12)10(2)3/h5-10H,4H2,1-3H3,(H4,16,17,18,19,20). The van der Waals surface area contributed by atoms with E-state index in [1.807, 2.05) is 31.2 Å². The summed E-state index contributed by atoms with van der Waals surface area (Å²) in [6.45, 7) is 7.13. The molecule has 1 heterocycles. The average molecular weight is 271 g/mol. The van der Waals surface area contributed by atoms with Gasteiger partial charge in [-0.25, -0.2) is 0 Å². The summed E-state index contributed by atoms with van der Waals surface area (Å²) < 4.78 is 0. The molecule has 0 radical (unpaired) electrons. The fraction of sp³-hybridized carbons (Fsp3) is 0.333.